The van der Waals surface area contributed by atoms with Crippen LogP contribution in [0.3, 0.4) is 0 Å². The van der Waals surface area contributed by atoms with Crippen molar-refractivity contribution in [1.29, 1.82) is 0 Å². The Kier molecular flexibility index (Phi) is 3.45. The molecule has 2 N–H and O–H groups in total. The third-order valence-electron chi connectivity index (χ3n) is 6.09. The van der Waals surface area contributed by atoms with Crippen molar-refractivity contribution in [2.75, 3.05) is 10.2 Å². The fourth-order valence-corrected chi connectivity index (χ4v) is 4.90. The van der Waals surface area contributed by atoms with Crippen molar-refractivity contribution in [2.24, 2.45) is 11.8 Å². The van der Waals surface area contributed by atoms with Crippen molar-refractivity contribution in [3.63, 3.8) is 0 Å². The van der Waals surface area contributed by atoms with Gasteiger partial charge in [-0.25, -0.2) is 4.90 Å². The van der Waals surface area contributed by atoms with Gasteiger partial charge in [0.1, 0.15) is 5.54 Å². The average Bonchev–Trinajstić information content (AvgIpc) is 3.26. The van der Waals surface area contributed by atoms with Crippen LogP contribution in [0.2, 0.25) is 0 Å². The van der Waals surface area contributed by atoms with Gasteiger partial charge in [0.25, 0.3) is 5.69 Å². The molecule has 0 saturated carbocycles. The minimum absolute atomic E-state index is 0.136. The number of imide groups is 1. The topological polar surface area (TPSA) is 122 Å². The van der Waals surface area contributed by atoms with E-state index in [1.807, 2.05) is 0 Å². The molecule has 4 atom stereocenters. The van der Waals surface area contributed by atoms with Crippen molar-refractivity contribution in [2.45, 2.75) is 18.5 Å². The maximum absolute atomic E-state index is 13.4. The van der Waals surface area contributed by atoms with Crippen LogP contribution in [0.5, 0.6) is 0 Å². The van der Waals surface area contributed by atoms with Gasteiger partial charge in [-0.2, -0.15) is 0 Å². The predicted molar refractivity (Wildman–Crippen MR) is 102 cm³/mol. The van der Waals surface area contributed by atoms with Crippen molar-refractivity contribution in [3.05, 3.63) is 64.2 Å². The first kappa shape index (κ1) is 17.5. The number of nitro benzene ring substituents is 1. The van der Waals surface area contributed by atoms with Crippen LogP contribution < -0.4 is 15.5 Å². The summed E-state index contributed by atoms with van der Waals surface area (Å²) in [4.78, 5) is 51.0. The van der Waals surface area contributed by atoms with Gasteiger partial charge in [0.05, 0.1) is 22.4 Å². The number of carbonyl (C=O) groups excluding carboxylic acids is 3. The lowest BCUT2D eigenvalue weighted by molar-refractivity contribution is -0.384. The number of nitrogens with zero attached hydrogens (tertiary/aromatic N) is 2. The number of nitro groups is 1. The number of fused-ring (bicyclic) bond motifs is 4. The Morgan fingerprint density at radius 2 is 1.72 bits per heavy atom. The van der Waals surface area contributed by atoms with E-state index in [1.54, 1.807) is 31.2 Å². The Balaban J connectivity index is 1.61. The Bertz CT molecular complexity index is 1100. The molecule has 2 aromatic carbocycles. The van der Waals surface area contributed by atoms with E-state index in [-0.39, 0.29) is 17.3 Å². The predicted octanol–water partition coefficient (Wildman–Crippen LogP) is 1.54. The number of nitrogens with one attached hydrogen (secondary N) is 2. The number of hydrogen-bond donors (Lipinski definition) is 2. The largest absolute Gasteiger partial charge is 0.324 e. The fourth-order valence-electron chi connectivity index (χ4n) is 4.90. The van der Waals surface area contributed by atoms with Gasteiger partial charge >= 0.3 is 0 Å². The lowest BCUT2D eigenvalue weighted by Gasteiger charge is -2.29. The number of para-hydroxylation sites is 1. The quantitative estimate of drug-likeness (QED) is 0.454. The van der Waals surface area contributed by atoms with E-state index in [2.05, 4.69) is 10.6 Å². The zero-order valence-corrected chi connectivity index (χ0v) is 15.3. The van der Waals surface area contributed by atoms with Gasteiger partial charge in [-0.15, -0.1) is 0 Å². The molecule has 9 nitrogen and oxygen atoms in total. The summed E-state index contributed by atoms with van der Waals surface area (Å²) >= 11 is 0. The summed E-state index contributed by atoms with van der Waals surface area (Å²) in [5.74, 6) is -2.87. The Labute approximate surface area is 164 Å². The Morgan fingerprint density at radius 1 is 1.03 bits per heavy atom. The molecule has 1 spiro atoms. The van der Waals surface area contributed by atoms with Crippen LogP contribution in [0.25, 0.3) is 0 Å². The molecule has 2 fully saturated rings. The summed E-state index contributed by atoms with van der Waals surface area (Å²) in [5.41, 5.74) is 0.0729. The molecule has 3 amide bonds. The molecule has 0 aromatic heterocycles. The maximum Gasteiger partial charge on any atom is 0.269 e. The second kappa shape index (κ2) is 5.71. The van der Waals surface area contributed by atoms with Crippen molar-refractivity contribution in [1.82, 2.24) is 5.32 Å². The Morgan fingerprint density at radius 3 is 2.41 bits per heavy atom. The minimum atomic E-state index is -1.32. The molecular weight excluding hydrogens is 376 g/mol. The highest BCUT2D eigenvalue weighted by Gasteiger charge is 2.69. The standard InChI is InChI=1S/C20H16N4O5/c1-10-15-16(20(22-10)13-4-2-3-5-14(13)21-19(20)27)18(26)23(17(15)25)11-6-8-12(9-7-11)24(28)29/h2-10,15-16,22H,1H3,(H,21,27)/t10-,15+,16+,20-/m0/s1. The summed E-state index contributed by atoms with van der Waals surface area (Å²) in [6.07, 6.45) is 0. The van der Waals surface area contributed by atoms with E-state index in [0.717, 1.165) is 4.90 Å². The normalized spacial score (nSPS) is 29.9. The molecule has 0 radical (unpaired) electrons. The summed E-state index contributed by atoms with van der Waals surface area (Å²) in [6.45, 7) is 1.78. The first-order valence-corrected chi connectivity index (χ1v) is 9.17. The van der Waals surface area contributed by atoms with Gasteiger partial charge in [0.2, 0.25) is 17.7 Å². The van der Waals surface area contributed by atoms with E-state index < -0.39 is 40.2 Å². The van der Waals surface area contributed by atoms with Crippen LogP contribution >= 0.6 is 0 Å². The van der Waals surface area contributed by atoms with E-state index in [0.29, 0.717) is 11.3 Å². The van der Waals surface area contributed by atoms with Gasteiger partial charge in [-0.1, -0.05) is 18.2 Å². The van der Waals surface area contributed by atoms with Crippen LogP contribution in [-0.4, -0.2) is 28.7 Å². The average molecular weight is 392 g/mol. The van der Waals surface area contributed by atoms with Crippen LogP contribution in [0, 0.1) is 22.0 Å². The monoisotopic (exact) mass is 392 g/mol. The van der Waals surface area contributed by atoms with Crippen LogP contribution in [-0.2, 0) is 19.9 Å². The van der Waals surface area contributed by atoms with Gasteiger partial charge in [0, 0.05) is 29.4 Å². The third kappa shape index (κ3) is 2.10. The molecule has 2 saturated heterocycles. The number of anilines is 2. The zero-order valence-electron chi connectivity index (χ0n) is 15.3. The molecule has 29 heavy (non-hydrogen) atoms. The molecule has 5 rings (SSSR count). The molecule has 3 aliphatic heterocycles. The lowest BCUT2D eigenvalue weighted by Crippen LogP contribution is -2.53. The highest BCUT2D eigenvalue weighted by molar-refractivity contribution is 6.25. The van der Waals surface area contributed by atoms with Crippen LogP contribution in [0.1, 0.15) is 12.5 Å². The molecule has 2 aromatic rings. The smallest absolute Gasteiger partial charge is 0.269 e. The first-order valence-electron chi connectivity index (χ1n) is 9.17. The van der Waals surface area contributed by atoms with Gasteiger partial charge in [-0.3, -0.25) is 29.8 Å². The molecule has 9 heteroatoms. The second-order valence-corrected chi connectivity index (χ2v) is 7.53. The van der Waals surface area contributed by atoms with Crippen molar-refractivity contribution in [3.8, 4) is 0 Å². The highest BCUT2D eigenvalue weighted by Crippen LogP contribution is 2.53. The number of amides is 3. The van der Waals surface area contributed by atoms with Crippen molar-refractivity contribution >= 4 is 34.8 Å². The molecule has 3 heterocycles. The second-order valence-electron chi connectivity index (χ2n) is 7.53. The molecule has 3 aliphatic rings. The molecule has 146 valence electrons. The van der Waals surface area contributed by atoms with E-state index in [1.165, 1.54) is 24.3 Å². The van der Waals surface area contributed by atoms with Gasteiger partial charge < -0.3 is 5.32 Å². The van der Waals surface area contributed by atoms with Crippen LogP contribution in [0.15, 0.2) is 48.5 Å². The van der Waals surface area contributed by atoms with Crippen molar-refractivity contribution < 1.29 is 19.3 Å². The van der Waals surface area contributed by atoms with Gasteiger partial charge in [-0.05, 0) is 25.1 Å². The van der Waals surface area contributed by atoms with E-state index in [4.69, 9.17) is 0 Å². The summed E-state index contributed by atoms with van der Waals surface area (Å²) in [6, 6.07) is 12.0. The minimum Gasteiger partial charge on any atom is -0.324 e. The molecular formula is C20H16N4O5. The highest BCUT2D eigenvalue weighted by atomic mass is 16.6. The fraction of sp³-hybridized carbons (Fsp3) is 0.250. The summed E-state index contributed by atoms with van der Waals surface area (Å²) < 4.78 is 0. The number of rotatable bonds is 2. The molecule has 0 unspecified atom stereocenters. The summed E-state index contributed by atoms with van der Waals surface area (Å²) in [7, 11) is 0. The zero-order chi connectivity index (χ0) is 20.5. The number of non-ortho nitro benzene ring substituents is 1. The van der Waals surface area contributed by atoms with Crippen LogP contribution in [0.4, 0.5) is 17.1 Å². The first-order chi connectivity index (χ1) is 13.9. The van der Waals surface area contributed by atoms with E-state index >= 15 is 0 Å². The number of carbonyl (C=O) groups is 3. The van der Waals surface area contributed by atoms with E-state index in [9.17, 15) is 24.5 Å². The molecule has 0 bridgehead atoms. The lowest BCUT2D eigenvalue weighted by atomic mass is 9.76. The Hall–Kier alpha value is -3.59. The number of hydrogen-bond acceptors (Lipinski definition) is 6. The SMILES string of the molecule is C[C@@H]1N[C@]2(C(=O)Nc3ccccc32)[C@H]2C(=O)N(c3ccc([N+](=O)[O-])cc3)C(=O)[C@H]12. The summed E-state index contributed by atoms with van der Waals surface area (Å²) in [5, 5.41) is 16.9. The number of benzene rings is 2. The molecule has 0 aliphatic carbocycles. The van der Waals surface area contributed by atoms with Gasteiger partial charge in [0.15, 0.2) is 0 Å². The maximum atomic E-state index is 13.4. The third-order valence-corrected chi connectivity index (χ3v) is 6.09.